The second-order valence-electron chi connectivity index (χ2n) is 4.41. The van der Waals surface area contributed by atoms with Crippen LogP contribution in [-0.2, 0) is 14.3 Å². The number of carbonyl (C=O) groups is 1. The van der Waals surface area contributed by atoms with Gasteiger partial charge >= 0.3 is 5.97 Å². The molecular formula is C10H19NO3. The largest absolute Gasteiger partial charge is 0.468 e. The lowest BCUT2D eigenvalue weighted by Crippen LogP contribution is -2.46. The molecule has 2 N–H and O–H groups in total. The van der Waals surface area contributed by atoms with E-state index in [0.29, 0.717) is 6.61 Å². The van der Waals surface area contributed by atoms with Crippen molar-refractivity contribution in [3.8, 4) is 0 Å². The van der Waals surface area contributed by atoms with Crippen molar-refractivity contribution in [3.63, 3.8) is 0 Å². The molecule has 0 bridgehead atoms. The van der Waals surface area contributed by atoms with E-state index < -0.39 is 6.04 Å². The Kier molecular flexibility index (Phi) is 3.50. The molecule has 0 spiro atoms. The Morgan fingerprint density at radius 1 is 1.64 bits per heavy atom. The normalized spacial score (nSPS) is 28.1. The number of methoxy groups -OCH3 is 1. The first-order chi connectivity index (χ1) is 6.46. The molecule has 0 unspecified atom stereocenters. The van der Waals surface area contributed by atoms with Crippen LogP contribution in [0.25, 0.3) is 0 Å². The van der Waals surface area contributed by atoms with Gasteiger partial charge in [0.15, 0.2) is 0 Å². The molecule has 4 heteroatoms. The van der Waals surface area contributed by atoms with Crippen LogP contribution >= 0.6 is 0 Å². The van der Waals surface area contributed by atoms with Gasteiger partial charge in [-0.05, 0) is 32.6 Å². The van der Waals surface area contributed by atoms with Gasteiger partial charge < -0.3 is 15.2 Å². The summed E-state index contributed by atoms with van der Waals surface area (Å²) in [6.45, 7) is 4.70. The SMILES string of the molecule is COC(=O)[C@H](N)[C@@H]1CCOC(C)(C)C1. The van der Waals surface area contributed by atoms with Crippen LogP contribution < -0.4 is 5.73 Å². The highest BCUT2D eigenvalue weighted by atomic mass is 16.5. The molecule has 1 heterocycles. The molecule has 1 rings (SSSR count). The summed E-state index contributed by atoms with van der Waals surface area (Å²) in [4.78, 5) is 11.2. The van der Waals surface area contributed by atoms with Crippen molar-refractivity contribution in [1.82, 2.24) is 0 Å². The van der Waals surface area contributed by atoms with Gasteiger partial charge in [-0.2, -0.15) is 0 Å². The monoisotopic (exact) mass is 201 g/mol. The number of ether oxygens (including phenoxy) is 2. The summed E-state index contributed by atoms with van der Waals surface area (Å²) >= 11 is 0. The topological polar surface area (TPSA) is 61.5 Å². The zero-order valence-electron chi connectivity index (χ0n) is 9.08. The molecule has 2 atom stereocenters. The predicted molar refractivity (Wildman–Crippen MR) is 52.7 cm³/mol. The third-order valence-corrected chi connectivity index (χ3v) is 2.72. The molecule has 82 valence electrons. The zero-order chi connectivity index (χ0) is 10.8. The Balaban J connectivity index is 2.56. The Morgan fingerprint density at radius 2 is 2.29 bits per heavy atom. The van der Waals surface area contributed by atoms with Gasteiger partial charge in [-0.1, -0.05) is 0 Å². The van der Waals surface area contributed by atoms with Gasteiger partial charge in [0.25, 0.3) is 0 Å². The van der Waals surface area contributed by atoms with E-state index in [-0.39, 0.29) is 17.5 Å². The van der Waals surface area contributed by atoms with Crippen LogP contribution in [0.3, 0.4) is 0 Å². The predicted octanol–water partition coefficient (Wildman–Crippen LogP) is 0.692. The first kappa shape index (κ1) is 11.5. The summed E-state index contributed by atoms with van der Waals surface area (Å²) in [7, 11) is 1.37. The van der Waals surface area contributed by atoms with Gasteiger partial charge in [0, 0.05) is 6.61 Å². The van der Waals surface area contributed by atoms with E-state index in [1.807, 2.05) is 13.8 Å². The van der Waals surface area contributed by atoms with Crippen molar-refractivity contribution in [2.45, 2.75) is 38.3 Å². The third-order valence-electron chi connectivity index (χ3n) is 2.72. The number of carbonyl (C=O) groups excluding carboxylic acids is 1. The van der Waals surface area contributed by atoms with Crippen LogP contribution in [0.5, 0.6) is 0 Å². The van der Waals surface area contributed by atoms with Crippen LogP contribution in [0.4, 0.5) is 0 Å². The maximum Gasteiger partial charge on any atom is 0.322 e. The van der Waals surface area contributed by atoms with Crippen LogP contribution in [0.1, 0.15) is 26.7 Å². The Morgan fingerprint density at radius 3 is 2.79 bits per heavy atom. The number of rotatable bonds is 2. The molecule has 1 aliphatic heterocycles. The maximum atomic E-state index is 11.2. The Bertz CT molecular complexity index is 215. The summed E-state index contributed by atoms with van der Waals surface area (Å²) in [6, 6.07) is -0.511. The summed E-state index contributed by atoms with van der Waals surface area (Å²) in [5.41, 5.74) is 5.62. The summed E-state index contributed by atoms with van der Waals surface area (Å²) in [6.07, 6.45) is 1.64. The lowest BCUT2D eigenvalue weighted by molar-refractivity contribution is -0.146. The van der Waals surface area contributed by atoms with E-state index in [1.165, 1.54) is 7.11 Å². The number of hydrogen-bond acceptors (Lipinski definition) is 4. The van der Waals surface area contributed by atoms with Gasteiger partial charge in [0.2, 0.25) is 0 Å². The third kappa shape index (κ3) is 2.69. The van der Waals surface area contributed by atoms with E-state index >= 15 is 0 Å². The maximum absolute atomic E-state index is 11.2. The van der Waals surface area contributed by atoms with Crippen molar-refractivity contribution in [2.75, 3.05) is 13.7 Å². The fourth-order valence-electron chi connectivity index (χ4n) is 1.91. The first-order valence-electron chi connectivity index (χ1n) is 4.93. The zero-order valence-corrected chi connectivity index (χ0v) is 9.08. The standard InChI is InChI=1S/C10H19NO3/c1-10(2)6-7(4-5-14-10)8(11)9(12)13-3/h7-8H,4-6,11H2,1-3H3/t7-,8-/m1/s1. The van der Waals surface area contributed by atoms with Crippen molar-refractivity contribution >= 4 is 5.97 Å². The van der Waals surface area contributed by atoms with E-state index in [9.17, 15) is 4.79 Å². The van der Waals surface area contributed by atoms with Crippen LogP contribution in [-0.4, -0.2) is 31.3 Å². The highest BCUT2D eigenvalue weighted by Gasteiger charge is 2.35. The molecule has 1 aliphatic rings. The number of nitrogens with two attached hydrogens (primary N) is 1. The molecule has 0 amide bonds. The van der Waals surface area contributed by atoms with E-state index in [0.717, 1.165) is 12.8 Å². The lowest BCUT2D eigenvalue weighted by Gasteiger charge is -2.37. The first-order valence-corrected chi connectivity index (χ1v) is 4.93. The molecule has 1 saturated heterocycles. The number of hydrogen-bond donors (Lipinski definition) is 1. The molecule has 1 fully saturated rings. The average molecular weight is 201 g/mol. The van der Waals surface area contributed by atoms with Crippen LogP contribution in [0.2, 0.25) is 0 Å². The minimum atomic E-state index is -0.511. The molecular weight excluding hydrogens is 182 g/mol. The van der Waals surface area contributed by atoms with Gasteiger partial charge in [-0.15, -0.1) is 0 Å². The minimum absolute atomic E-state index is 0.172. The molecule has 0 saturated carbocycles. The fourth-order valence-corrected chi connectivity index (χ4v) is 1.91. The van der Waals surface area contributed by atoms with Crippen LogP contribution in [0.15, 0.2) is 0 Å². The summed E-state index contributed by atoms with van der Waals surface area (Å²) < 4.78 is 10.2. The van der Waals surface area contributed by atoms with Crippen molar-refractivity contribution < 1.29 is 14.3 Å². The summed E-state index contributed by atoms with van der Waals surface area (Å²) in [5.74, 6) is -0.154. The van der Waals surface area contributed by atoms with Crippen molar-refractivity contribution in [2.24, 2.45) is 11.7 Å². The Hall–Kier alpha value is -0.610. The van der Waals surface area contributed by atoms with Crippen molar-refractivity contribution in [1.29, 1.82) is 0 Å². The Labute approximate surface area is 84.7 Å². The molecule has 0 radical (unpaired) electrons. The van der Waals surface area contributed by atoms with E-state index in [4.69, 9.17) is 10.5 Å². The van der Waals surface area contributed by atoms with E-state index in [2.05, 4.69) is 4.74 Å². The molecule has 4 nitrogen and oxygen atoms in total. The fraction of sp³-hybridized carbons (Fsp3) is 0.900. The molecule has 0 aliphatic carbocycles. The van der Waals surface area contributed by atoms with E-state index in [1.54, 1.807) is 0 Å². The van der Waals surface area contributed by atoms with Gasteiger partial charge in [0.05, 0.1) is 12.7 Å². The lowest BCUT2D eigenvalue weighted by atomic mass is 9.84. The second-order valence-corrected chi connectivity index (χ2v) is 4.41. The van der Waals surface area contributed by atoms with Gasteiger partial charge in [-0.25, -0.2) is 0 Å². The highest BCUT2D eigenvalue weighted by molar-refractivity contribution is 5.75. The molecule has 0 aromatic heterocycles. The molecule has 0 aromatic carbocycles. The van der Waals surface area contributed by atoms with Crippen LogP contribution in [0, 0.1) is 5.92 Å². The molecule has 0 aromatic rings. The second kappa shape index (κ2) is 4.28. The van der Waals surface area contributed by atoms with Crippen molar-refractivity contribution in [3.05, 3.63) is 0 Å². The average Bonchev–Trinajstić information content (AvgIpc) is 2.14. The van der Waals surface area contributed by atoms with Gasteiger partial charge in [-0.3, -0.25) is 4.79 Å². The summed E-state index contributed by atoms with van der Waals surface area (Å²) in [5, 5.41) is 0. The minimum Gasteiger partial charge on any atom is -0.468 e. The quantitative estimate of drug-likeness (QED) is 0.668. The van der Waals surface area contributed by atoms with Gasteiger partial charge in [0.1, 0.15) is 6.04 Å². The molecule has 14 heavy (non-hydrogen) atoms. The highest BCUT2D eigenvalue weighted by Crippen LogP contribution is 2.30. The smallest absolute Gasteiger partial charge is 0.322 e. The number of esters is 1.